The van der Waals surface area contributed by atoms with Gasteiger partial charge in [-0.1, -0.05) is 40.2 Å². The number of alkyl halides is 1. The maximum absolute atomic E-state index is 13.7. The predicted molar refractivity (Wildman–Crippen MR) is 87.1 cm³/mol. The van der Waals surface area contributed by atoms with Gasteiger partial charge in [0.25, 0.3) is 0 Å². The molecule has 2 rings (SSSR count). The molecule has 0 fully saturated rings. The van der Waals surface area contributed by atoms with Crippen LogP contribution in [0.4, 0.5) is 4.39 Å². The first-order valence-corrected chi connectivity index (χ1v) is 8.12. The van der Waals surface area contributed by atoms with Crippen LogP contribution in [0.5, 0.6) is 5.75 Å². The Morgan fingerprint density at radius 1 is 1.20 bits per heavy atom. The largest absolute Gasteiger partial charge is 0.493 e. The van der Waals surface area contributed by atoms with E-state index in [1.807, 2.05) is 37.3 Å². The summed E-state index contributed by atoms with van der Waals surface area (Å²) >= 11 is 7.12. The van der Waals surface area contributed by atoms with Crippen LogP contribution >= 0.6 is 31.9 Å². The molecule has 106 valence electrons. The Labute approximate surface area is 135 Å². The molecule has 1 unspecified atom stereocenters. The molecule has 4 heteroatoms. The smallest absolute Gasteiger partial charge is 0.133 e. The zero-order valence-electron chi connectivity index (χ0n) is 11.1. The van der Waals surface area contributed by atoms with Crippen molar-refractivity contribution in [3.63, 3.8) is 0 Å². The number of hydrogen-bond donors (Lipinski definition) is 0. The Bertz CT molecular complexity index is 586. The van der Waals surface area contributed by atoms with E-state index in [-0.39, 0.29) is 10.6 Å². The number of ether oxygens (including phenoxy) is 1. The van der Waals surface area contributed by atoms with E-state index in [2.05, 4.69) is 31.9 Å². The summed E-state index contributed by atoms with van der Waals surface area (Å²) in [6.45, 7) is 2.58. The van der Waals surface area contributed by atoms with Crippen molar-refractivity contribution in [3.05, 3.63) is 63.9 Å². The molecule has 0 saturated carbocycles. The van der Waals surface area contributed by atoms with Crippen LogP contribution in [-0.4, -0.2) is 6.61 Å². The van der Waals surface area contributed by atoms with Crippen molar-refractivity contribution in [3.8, 4) is 5.75 Å². The highest BCUT2D eigenvalue weighted by atomic mass is 79.9. The second-order valence-electron chi connectivity index (χ2n) is 4.39. The Kier molecular flexibility index (Phi) is 5.61. The van der Waals surface area contributed by atoms with Crippen LogP contribution in [0.15, 0.2) is 46.9 Å². The monoisotopic (exact) mass is 400 g/mol. The first-order chi connectivity index (χ1) is 9.61. The van der Waals surface area contributed by atoms with Gasteiger partial charge in [0.1, 0.15) is 11.6 Å². The van der Waals surface area contributed by atoms with Crippen LogP contribution in [0.3, 0.4) is 0 Å². The quantitative estimate of drug-likeness (QED) is 0.587. The van der Waals surface area contributed by atoms with Crippen LogP contribution in [0.25, 0.3) is 0 Å². The standard InChI is InChI=1S/C16H15Br2FO/c1-2-20-16-8-7-11(9-14(16)18)13(17)10-12-5-3-4-6-15(12)19/h3-9,13H,2,10H2,1H3. The van der Waals surface area contributed by atoms with Crippen LogP contribution < -0.4 is 4.74 Å². The molecule has 0 aromatic heterocycles. The first kappa shape index (κ1) is 15.5. The molecule has 0 radical (unpaired) electrons. The lowest BCUT2D eigenvalue weighted by atomic mass is 10.0. The molecule has 0 bridgehead atoms. The summed E-state index contributed by atoms with van der Waals surface area (Å²) in [5.74, 6) is 0.656. The topological polar surface area (TPSA) is 9.23 Å². The highest BCUT2D eigenvalue weighted by Gasteiger charge is 2.13. The maximum Gasteiger partial charge on any atom is 0.133 e. The number of halogens is 3. The molecule has 0 aliphatic carbocycles. The van der Waals surface area contributed by atoms with Crippen molar-refractivity contribution in [2.24, 2.45) is 0 Å². The van der Waals surface area contributed by atoms with E-state index in [0.717, 1.165) is 15.8 Å². The van der Waals surface area contributed by atoms with Gasteiger partial charge in [-0.15, -0.1) is 0 Å². The van der Waals surface area contributed by atoms with Crippen molar-refractivity contribution in [2.45, 2.75) is 18.2 Å². The van der Waals surface area contributed by atoms with Gasteiger partial charge in [-0.05, 0) is 58.6 Å². The summed E-state index contributed by atoms with van der Waals surface area (Å²) in [7, 11) is 0. The van der Waals surface area contributed by atoms with E-state index >= 15 is 0 Å². The van der Waals surface area contributed by atoms with Crippen LogP contribution in [0.2, 0.25) is 0 Å². The summed E-state index contributed by atoms with van der Waals surface area (Å²) < 4.78 is 20.1. The third kappa shape index (κ3) is 3.83. The van der Waals surface area contributed by atoms with Gasteiger partial charge >= 0.3 is 0 Å². The second-order valence-corrected chi connectivity index (χ2v) is 6.35. The number of benzene rings is 2. The maximum atomic E-state index is 13.7. The van der Waals surface area contributed by atoms with Crippen LogP contribution in [-0.2, 0) is 6.42 Å². The van der Waals surface area contributed by atoms with Gasteiger partial charge in [0.15, 0.2) is 0 Å². The third-order valence-corrected chi connectivity index (χ3v) is 4.45. The average molecular weight is 402 g/mol. The van der Waals surface area contributed by atoms with Gasteiger partial charge < -0.3 is 4.74 Å². The molecule has 0 aliphatic heterocycles. The molecular weight excluding hydrogens is 387 g/mol. The van der Waals surface area contributed by atoms with E-state index in [1.54, 1.807) is 6.07 Å². The van der Waals surface area contributed by atoms with E-state index in [9.17, 15) is 4.39 Å². The molecule has 1 atom stereocenters. The van der Waals surface area contributed by atoms with Crippen LogP contribution in [0, 0.1) is 5.82 Å². The minimum Gasteiger partial charge on any atom is -0.493 e. The molecule has 0 saturated heterocycles. The molecule has 0 N–H and O–H groups in total. The van der Waals surface area contributed by atoms with Gasteiger partial charge in [-0.25, -0.2) is 4.39 Å². The van der Waals surface area contributed by atoms with Crippen molar-refractivity contribution in [1.82, 2.24) is 0 Å². The number of rotatable bonds is 5. The highest BCUT2D eigenvalue weighted by Crippen LogP contribution is 2.33. The molecule has 0 heterocycles. The van der Waals surface area contributed by atoms with Crippen molar-refractivity contribution < 1.29 is 9.13 Å². The molecule has 0 aliphatic rings. The fraction of sp³-hybridized carbons (Fsp3) is 0.250. The summed E-state index contributed by atoms with van der Waals surface area (Å²) in [6.07, 6.45) is 0.604. The lowest BCUT2D eigenvalue weighted by molar-refractivity contribution is 0.338. The van der Waals surface area contributed by atoms with Gasteiger partial charge in [-0.3, -0.25) is 0 Å². The lowest BCUT2D eigenvalue weighted by Gasteiger charge is -2.13. The van der Waals surface area contributed by atoms with E-state index < -0.39 is 0 Å². The molecule has 0 spiro atoms. The zero-order chi connectivity index (χ0) is 14.5. The highest BCUT2D eigenvalue weighted by molar-refractivity contribution is 9.10. The van der Waals surface area contributed by atoms with E-state index in [1.165, 1.54) is 6.07 Å². The number of hydrogen-bond acceptors (Lipinski definition) is 1. The normalized spacial score (nSPS) is 12.2. The van der Waals surface area contributed by atoms with Gasteiger partial charge in [0.05, 0.1) is 11.1 Å². The van der Waals surface area contributed by atoms with Gasteiger partial charge in [0, 0.05) is 4.83 Å². The summed E-state index contributed by atoms with van der Waals surface area (Å²) in [5, 5.41) is 0. The fourth-order valence-corrected chi connectivity index (χ4v) is 3.10. The summed E-state index contributed by atoms with van der Waals surface area (Å²) in [4.78, 5) is 0.0615. The molecule has 20 heavy (non-hydrogen) atoms. The fourth-order valence-electron chi connectivity index (χ4n) is 1.96. The summed E-state index contributed by atoms with van der Waals surface area (Å²) in [6, 6.07) is 12.8. The first-order valence-electron chi connectivity index (χ1n) is 6.41. The Balaban J connectivity index is 2.15. The summed E-state index contributed by atoms with van der Waals surface area (Å²) in [5.41, 5.74) is 1.79. The van der Waals surface area contributed by atoms with E-state index in [4.69, 9.17) is 4.74 Å². The molecule has 1 nitrogen and oxygen atoms in total. The van der Waals surface area contributed by atoms with Crippen molar-refractivity contribution in [1.29, 1.82) is 0 Å². The molecule has 2 aromatic rings. The minimum atomic E-state index is -0.165. The second kappa shape index (κ2) is 7.23. The van der Waals surface area contributed by atoms with Crippen molar-refractivity contribution >= 4 is 31.9 Å². The minimum absolute atomic E-state index is 0.0615. The third-order valence-electron chi connectivity index (χ3n) is 2.97. The predicted octanol–water partition coefficient (Wildman–Crippen LogP) is 5.67. The lowest BCUT2D eigenvalue weighted by Crippen LogP contribution is -1.99. The van der Waals surface area contributed by atoms with Crippen molar-refractivity contribution in [2.75, 3.05) is 6.61 Å². The Morgan fingerprint density at radius 2 is 1.95 bits per heavy atom. The van der Waals surface area contributed by atoms with E-state index in [0.29, 0.717) is 18.6 Å². The Hall–Kier alpha value is -0.870. The SMILES string of the molecule is CCOc1ccc(C(Br)Cc2ccccc2F)cc1Br. The van der Waals surface area contributed by atoms with Gasteiger partial charge in [-0.2, -0.15) is 0 Å². The van der Waals surface area contributed by atoms with Gasteiger partial charge in [0.2, 0.25) is 0 Å². The molecule has 0 amide bonds. The Morgan fingerprint density at radius 3 is 2.60 bits per heavy atom. The molecule has 2 aromatic carbocycles. The average Bonchev–Trinajstić information content (AvgIpc) is 2.43. The van der Waals surface area contributed by atoms with Crippen LogP contribution in [0.1, 0.15) is 22.9 Å². The molecular formula is C16H15Br2FO. The zero-order valence-corrected chi connectivity index (χ0v) is 14.2.